The van der Waals surface area contributed by atoms with Crippen LogP contribution in [0, 0.1) is 0 Å². The average Bonchev–Trinajstić information content (AvgIpc) is 3.43. The lowest BCUT2D eigenvalue weighted by Crippen LogP contribution is -2.39. The molecule has 2 heterocycles. The summed E-state index contributed by atoms with van der Waals surface area (Å²) in [5.41, 5.74) is 4.84. The number of aromatic nitrogens is 1. The number of ether oxygens (including phenoxy) is 4. The number of fused-ring (bicyclic) bond motifs is 1. The molecule has 4 aromatic rings. The Morgan fingerprint density at radius 3 is 2.08 bits per heavy atom. The number of nitrogens with one attached hydrogen (secondary N) is 1. The molecule has 5 rings (SSSR count). The second-order valence-electron chi connectivity index (χ2n) is 12.9. The highest BCUT2D eigenvalue weighted by atomic mass is 16.7. The molecule has 1 saturated heterocycles. The molecule has 258 valence electrons. The van der Waals surface area contributed by atoms with E-state index in [1.165, 1.54) is 19.3 Å². The largest absolute Gasteiger partial charge is 0.468 e. The molecule has 1 amide bonds. The summed E-state index contributed by atoms with van der Waals surface area (Å²) in [6.45, 7) is 6.91. The van der Waals surface area contributed by atoms with Crippen molar-refractivity contribution in [2.75, 3.05) is 68.1 Å². The average molecular weight is 657 g/mol. The van der Waals surface area contributed by atoms with Crippen LogP contribution in [-0.2, 0) is 16.0 Å². The van der Waals surface area contributed by atoms with Crippen LogP contribution in [-0.4, -0.2) is 94.4 Å². The molecule has 0 aliphatic carbocycles. The van der Waals surface area contributed by atoms with Gasteiger partial charge in [0.15, 0.2) is 13.6 Å². The van der Waals surface area contributed by atoms with Crippen molar-refractivity contribution in [3.63, 3.8) is 0 Å². The molecule has 1 unspecified atom stereocenters. The standard InChI is InChI=1S/C39H52N4O5/c1-29-11-8-9-23-42(29)24-10-22-40-39(44)38-37(34-12-6-7-13-35(34)43(38)26-25-41(2)3)36(30-14-18-32(19-15-30)47-27-45-4)31-16-20-33(21-17-31)48-28-46-5/h6-7,12-21,29,36H,8-11,22-28H2,1-5H3,(H,40,44). The molecule has 1 atom stereocenters. The Balaban J connectivity index is 1.57. The van der Waals surface area contributed by atoms with Crippen LogP contribution in [0.15, 0.2) is 72.8 Å². The van der Waals surface area contributed by atoms with Crippen LogP contribution in [0.1, 0.15) is 65.7 Å². The summed E-state index contributed by atoms with van der Waals surface area (Å²) < 4.78 is 23.9. The third-order valence-electron chi connectivity index (χ3n) is 9.25. The number of likely N-dealkylation sites (N-methyl/N-ethyl adjacent to an activating group) is 1. The summed E-state index contributed by atoms with van der Waals surface area (Å²) in [6, 6.07) is 25.2. The number of piperidine rings is 1. The zero-order valence-electron chi connectivity index (χ0n) is 29.2. The van der Waals surface area contributed by atoms with Crippen molar-refractivity contribution in [3.05, 3.63) is 95.2 Å². The van der Waals surface area contributed by atoms with Crippen molar-refractivity contribution in [1.82, 2.24) is 19.7 Å². The van der Waals surface area contributed by atoms with Gasteiger partial charge in [-0.2, -0.15) is 0 Å². The second kappa shape index (κ2) is 17.5. The number of amides is 1. The Kier molecular flexibility index (Phi) is 12.9. The van der Waals surface area contributed by atoms with Gasteiger partial charge in [0.1, 0.15) is 17.2 Å². The predicted molar refractivity (Wildman–Crippen MR) is 191 cm³/mol. The summed E-state index contributed by atoms with van der Waals surface area (Å²) >= 11 is 0. The van der Waals surface area contributed by atoms with Crippen molar-refractivity contribution < 1.29 is 23.7 Å². The van der Waals surface area contributed by atoms with E-state index in [0.717, 1.165) is 65.1 Å². The van der Waals surface area contributed by atoms with E-state index in [4.69, 9.17) is 18.9 Å². The summed E-state index contributed by atoms with van der Waals surface area (Å²) in [5.74, 6) is 1.16. The van der Waals surface area contributed by atoms with E-state index in [0.29, 0.717) is 24.8 Å². The Morgan fingerprint density at radius 1 is 0.875 bits per heavy atom. The number of carbonyl (C=O) groups is 1. The van der Waals surface area contributed by atoms with Gasteiger partial charge in [-0.05, 0) is 88.3 Å². The Labute approximate surface area is 285 Å². The fourth-order valence-electron chi connectivity index (χ4n) is 6.75. The van der Waals surface area contributed by atoms with E-state index < -0.39 is 0 Å². The first kappa shape index (κ1) is 35.4. The minimum Gasteiger partial charge on any atom is -0.468 e. The molecule has 9 nitrogen and oxygen atoms in total. The SMILES string of the molecule is COCOc1ccc(C(c2ccc(OCOC)cc2)c2c(C(=O)NCCCN3CCCCC3C)n(CCN(C)C)c3ccccc23)cc1. The van der Waals surface area contributed by atoms with Gasteiger partial charge in [0.05, 0.1) is 0 Å². The third kappa shape index (κ3) is 8.76. The first-order valence-electron chi connectivity index (χ1n) is 17.1. The van der Waals surface area contributed by atoms with Crippen molar-refractivity contribution in [1.29, 1.82) is 0 Å². The number of benzene rings is 3. The molecule has 48 heavy (non-hydrogen) atoms. The maximum atomic E-state index is 14.5. The topological polar surface area (TPSA) is 77.4 Å². The summed E-state index contributed by atoms with van der Waals surface area (Å²) in [6.07, 6.45) is 4.73. The maximum Gasteiger partial charge on any atom is 0.268 e. The lowest BCUT2D eigenvalue weighted by atomic mass is 9.83. The smallest absolute Gasteiger partial charge is 0.268 e. The molecular weight excluding hydrogens is 604 g/mol. The highest BCUT2D eigenvalue weighted by Gasteiger charge is 2.30. The molecular formula is C39H52N4O5. The quantitative estimate of drug-likeness (QED) is 0.105. The number of methoxy groups -OCH3 is 2. The number of nitrogens with zero attached hydrogens (tertiary/aromatic N) is 3. The van der Waals surface area contributed by atoms with Gasteiger partial charge in [-0.3, -0.25) is 4.79 Å². The lowest BCUT2D eigenvalue weighted by Gasteiger charge is -2.33. The van der Waals surface area contributed by atoms with Gasteiger partial charge in [-0.15, -0.1) is 0 Å². The van der Waals surface area contributed by atoms with Crippen molar-refractivity contribution in [2.45, 2.75) is 51.1 Å². The van der Waals surface area contributed by atoms with Crippen LogP contribution in [0.3, 0.4) is 0 Å². The van der Waals surface area contributed by atoms with E-state index in [-0.39, 0.29) is 25.4 Å². The van der Waals surface area contributed by atoms with Crippen LogP contribution in [0.4, 0.5) is 0 Å². The summed E-state index contributed by atoms with van der Waals surface area (Å²) in [7, 11) is 7.35. The lowest BCUT2D eigenvalue weighted by molar-refractivity contribution is 0.0509. The molecule has 0 radical (unpaired) electrons. The van der Waals surface area contributed by atoms with Gasteiger partial charge in [-0.25, -0.2) is 0 Å². The molecule has 1 fully saturated rings. The predicted octanol–water partition coefficient (Wildman–Crippen LogP) is 6.34. The molecule has 1 N–H and O–H groups in total. The minimum absolute atomic E-state index is 0.0447. The fraction of sp³-hybridized carbons (Fsp3) is 0.462. The molecule has 1 aliphatic rings. The fourth-order valence-corrected chi connectivity index (χ4v) is 6.75. The Hall–Kier alpha value is -3.89. The Morgan fingerprint density at radius 2 is 1.50 bits per heavy atom. The number of rotatable bonds is 17. The number of para-hydroxylation sites is 1. The summed E-state index contributed by atoms with van der Waals surface area (Å²) in [4.78, 5) is 19.2. The van der Waals surface area contributed by atoms with Crippen LogP contribution >= 0.6 is 0 Å². The molecule has 9 heteroatoms. The van der Waals surface area contributed by atoms with Gasteiger partial charge in [-0.1, -0.05) is 48.9 Å². The number of carbonyl (C=O) groups excluding carboxylic acids is 1. The number of likely N-dealkylation sites (tertiary alicyclic amines) is 1. The molecule has 0 spiro atoms. The van der Waals surface area contributed by atoms with Crippen molar-refractivity contribution in [2.24, 2.45) is 0 Å². The van der Waals surface area contributed by atoms with Crippen LogP contribution in [0.5, 0.6) is 11.5 Å². The maximum absolute atomic E-state index is 14.5. The van der Waals surface area contributed by atoms with Crippen LogP contribution in [0.25, 0.3) is 10.9 Å². The van der Waals surface area contributed by atoms with E-state index in [1.54, 1.807) is 14.2 Å². The van der Waals surface area contributed by atoms with Gasteiger partial charge >= 0.3 is 0 Å². The zero-order valence-corrected chi connectivity index (χ0v) is 29.2. The highest BCUT2D eigenvalue weighted by molar-refractivity contribution is 6.03. The van der Waals surface area contributed by atoms with Crippen molar-refractivity contribution >= 4 is 16.8 Å². The summed E-state index contributed by atoms with van der Waals surface area (Å²) in [5, 5.41) is 4.40. The first-order chi connectivity index (χ1) is 23.4. The molecule has 3 aromatic carbocycles. The van der Waals surface area contributed by atoms with E-state index in [1.807, 2.05) is 24.3 Å². The molecule has 0 bridgehead atoms. The molecule has 1 aromatic heterocycles. The monoisotopic (exact) mass is 656 g/mol. The van der Waals surface area contributed by atoms with Crippen LogP contribution in [0.2, 0.25) is 0 Å². The molecule has 1 aliphatic heterocycles. The van der Waals surface area contributed by atoms with E-state index >= 15 is 0 Å². The minimum atomic E-state index is -0.238. The second-order valence-corrected chi connectivity index (χ2v) is 12.9. The van der Waals surface area contributed by atoms with Gasteiger partial charge in [0.25, 0.3) is 5.91 Å². The van der Waals surface area contributed by atoms with Gasteiger partial charge in [0, 0.05) is 68.8 Å². The molecule has 0 saturated carbocycles. The van der Waals surface area contributed by atoms with Crippen LogP contribution < -0.4 is 14.8 Å². The van der Waals surface area contributed by atoms with Gasteiger partial charge in [0.2, 0.25) is 0 Å². The zero-order chi connectivity index (χ0) is 33.9. The number of hydrogen-bond acceptors (Lipinski definition) is 7. The van der Waals surface area contributed by atoms with E-state index in [9.17, 15) is 4.79 Å². The Bertz CT molecular complexity index is 1530. The van der Waals surface area contributed by atoms with Gasteiger partial charge < -0.3 is 38.6 Å². The van der Waals surface area contributed by atoms with E-state index in [2.05, 4.69) is 89.2 Å². The normalized spacial score (nSPS) is 15.4. The third-order valence-corrected chi connectivity index (χ3v) is 9.25. The highest BCUT2D eigenvalue weighted by Crippen LogP contribution is 2.41. The van der Waals surface area contributed by atoms with Crippen molar-refractivity contribution in [3.8, 4) is 11.5 Å². The first-order valence-corrected chi connectivity index (χ1v) is 17.1. The number of hydrogen-bond donors (Lipinski definition) is 1.